The lowest BCUT2D eigenvalue weighted by Crippen LogP contribution is -2.42. The normalized spacial score (nSPS) is 14.8. The van der Waals surface area contributed by atoms with Gasteiger partial charge in [-0.2, -0.15) is 8.78 Å². The summed E-state index contributed by atoms with van der Waals surface area (Å²) in [5.41, 5.74) is 0. The Morgan fingerprint density at radius 3 is 2.10 bits per heavy atom. The molecule has 0 radical (unpaired) electrons. The highest BCUT2D eigenvalue weighted by molar-refractivity contribution is 14.1. The Kier molecular flexibility index (Phi) is 11.6. The number of ether oxygens (including phenoxy) is 1. The Morgan fingerprint density at radius 2 is 1.62 bits per heavy atom. The lowest BCUT2D eigenvalue weighted by Gasteiger charge is -2.27. The monoisotopic (exact) mass is 418 g/mol. The van der Waals surface area contributed by atoms with Gasteiger partial charge in [-0.3, -0.25) is 0 Å². The minimum atomic E-state index is -3.38. The molecule has 0 fully saturated rings. The zero-order valence-electron chi connectivity index (χ0n) is 13.5. The van der Waals surface area contributed by atoms with Crippen LogP contribution in [0.25, 0.3) is 0 Å². The van der Waals surface area contributed by atoms with Crippen LogP contribution < -0.4 is 0 Å². The first-order valence-electron chi connectivity index (χ1n) is 8.02. The van der Waals surface area contributed by atoms with E-state index in [0.717, 1.165) is 26.4 Å². The van der Waals surface area contributed by atoms with Crippen molar-refractivity contribution in [2.24, 2.45) is 5.92 Å². The summed E-state index contributed by atoms with van der Waals surface area (Å²) in [6, 6.07) is 0. The van der Waals surface area contributed by atoms with Gasteiger partial charge < -0.3 is 4.74 Å². The SMILES string of the molecule is CCCCCCCCCC(I)C(CC)C(F)(F)C(=O)OC. The lowest BCUT2D eigenvalue weighted by atomic mass is 9.91. The second-order valence-electron chi connectivity index (χ2n) is 5.56. The van der Waals surface area contributed by atoms with Crippen LogP contribution in [0.5, 0.6) is 0 Å². The van der Waals surface area contributed by atoms with Gasteiger partial charge in [0.05, 0.1) is 7.11 Å². The number of hydrogen-bond donors (Lipinski definition) is 0. The molecule has 0 aromatic rings. The maximum absolute atomic E-state index is 14.0. The minimum absolute atomic E-state index is 0.197. The van der Waals surface area contributed by atoms with Crippen LogP contribution in [0.3, 0.4) is 0 Å². The molecule has 0 amide bonds. The van der Waals surface area contributed by atoms with Crippen molar-refractivity contribution >= 4 is 28.6 Å². The molecule has 2 atom stereocenters. The van der Waals surface area contributed by atoms with E-state index < -0.39 is 17.8 Å². The van der Waals surface area contributed by atoms with Crippen LogP contribution in [0.1, 0.15) is 71.6 Å². The first-order valence-corrected chi connectivity index (χ1v) is 9.26. The van der Waals surface area contributed by atoms with Crippen molar-refractivity contribution < 1.29 is 18.3 Å². The average molecular weight is 418 g/mol. The Labute approximate surface area is 141 Å². The van der Waals surface area contributed by atoms with Crippen molar-refractivity contribution in [2.45, 2.75) is 81.5 Å². The lowest BCUT2D eigenvalue weighted by molar-refractivity contribution is -0.177. The van der Waals surface area contributed by atoms with Crippen LogP contribution in [0, 0.1) is 5.92 Å². The standard InChI is InChI=1S/C16H29F2IO2/c1-4-6-7-8-9-10-11-12-14(19)13(5-2)16(17,18)15(20)21-3/h13-14H,4-12H2,1-3H3. The van der Waals surface area contributed by atoms with Crippen LogP contribution in [0.4, 0.5) is 8.78 Å². The molecular formula is C16H29F2IO2. The van der Waals surface area contributed by atoms with Crippen molar-refractivity contribution in [3.8, 4) is 0 Å². The molecule has 0 heterocycles. The van der Waals surface area contributed by atoms with Crippen molar-refractivity contribution in [1.29, 1.82) is 0 Å². The molecule has 5 heteroatoms. The topological polar surface area (TPSA) is 26.3 Å². The third-order valence-electron chi connectivity index (χ3n) is 3.88. The summed E-state index contributed by atoms with van der Waals surface area (Å²) >= 11 is 2.07. The second kappa shape index (κ2) is 11.6. The molecule has 126 valence electrons. The number of esters is 1. The average Bonchev–Trinajstić information content (AvgIpc) is 2.45. The minimum Gasteiger partial charge on any atom is -0.465 e. The van der Waals surface area contributed by atoms with Gasteiger partial charge in [-0.15, -0.1) is 0 Å². The fourth-order valence-electron chi connectivity index (χ4n) is 2.52. The number of carbonyl (C=O) groups is 1. The molecule has 0 aliphatic rings. The summed E-state index contributed by atoms with van der Waals surface area (Å²) in [5, 5.41) is 0. The Balaban J connectivity index is 4.11. The Morgan fingerprint density at radius 1 is 1.10 bits per heavy atom. The highest BCUT2D eigenvalue weighted by Gasteiger charge is 2.49. The van der Waals surface area contributed by atoms with E-state index in [1.54, 1.807) is 6.92 Å². The fraction of sp³-hybridized carbons (Fsp3) is 0.938. The smallest absolute Gasteiger partial charge is 0.377 e. The van der Waals surface area contributed by atoms with E-state index in [1.807, 2.05) is 0 Å². The van der Waals surface area contributed by atoms with Crippen molar-refractivity contribution in [2.75, 3.05) is 7.11 Å². The maximum Gasteiger partial charge on any atom is 0.377 e. The number of carbonyl (C=O) groups excluding carboxylic acids is 1. The number of rotatable bonds is 12. The quantitative estimate of drug-likeness (QED) is 0.174. The molecule has 0 spiro atoms. The summed E-state index contributed by atoms with van der Waals surface area (Å²) in [5.74, 6) is -5.72. The number of halogens is 3. The molecule has 0 aliphatic heterocycles. The van der Waals surface area contributed by atoms with Gasteiger partial charge in [0.1, 0.15) is 0 Å². The van der Waals surface area contributed by atoms with Crippen LogP contribution in [-0.2, 0) is 9.53 Å². The van der Waals surface area contributed by atoms with Crippen LogP contribution in [-0.4, -0.2) is 22.9 Å². The van der Waals surface area contributed by atoms with E-state index >= 15 is 0 Å². The second-order valence-corrected chi connectivity index (χ2v) is 7.16. The molecule has 0 saturated carbocycles. The van der Waals surface area contributed by atoms with Crippen molar-refractivity contribution in [3.63, 3.8) is 0 Å². The summed E-state index contributed by atoms with van der Waals surface area (Å²) in [4.78, 5) is 11.2. The predicted molar refractivity (Wildman–Crippen MR) is 91.2 cm³/mol. The third kappa shape index (κ3) is 7.75. The first kappa shape index (κ1) is 21.1. The molecule has 0 N–H and O–H groups in total. The van der Waals surface area contributed by atoms with Gasteiger partial charge in [-0.05, 0) is 12.8 Å². The Bertz CT molecular complexity index is 285. The zero-order chi connectivity index (χ0) is 16.3. The van der Waals surface area contributed by atoms with Gasteiger partial charge in [-0.1, -0.05) is 81.4 Å². The van der Waals surface area contributed by atoms with E-state index in [9.17, 15) is 13.6 Å². The van der Waals surface area contributed by atoms with Gasteiger partial charge >= 0.3 is 11.9 Å². The summed E-state index contributed by atoms with van der Waals surface area (Å²) in [6.07, 6.45) is 9.24. The van der Waals surface area contributed by atoms with E-state index in [2.05, 4.69) is 34.3 Å². The molecule has 0 saturated heterocycles. The van der Waals surface area contributed by atoms with Gasteiger partial charge in [0.15, 0.2) is 0 Å². The number of methoxy groups -OCH3 is 1. The van der Waals surface area contributed by atoms with Crippen LogP contribution in [0.2, 0.25) is 0 Å². The molecular weight excluding hydrogens is 389 g/mol. The van der Waals surface area contributed by atoms with Crippen molar-refractivity contribution in [3.05, 3.63) is 0 Å². The van der Waals surface area contributed by atoms with Crippen LogP contribution in [0.15, 0.2) is 0 Å². The summed E-state index contributed by atoms with van der Waals surface area (Å²) in [6.45, 7) is 3.89. The number of unbranched alkanes of at least 4 members (excludes halogenated alkanes) is 6. The largest absolute Gasteiger partial charge is 0.465 e. The van der Waals surface area contributed by atoms with E-state index in [4.69, 9.17) is 0 Å². The van der Waals surface area contributed by atoms with Gasteiger partial charge in [-0.25, -0.2) is 4.79 Å². The molecule has 0 aromatic heterocycles. The van der Waals surface area contributed by atoms with Gasteiger partial charge in [0.25, 0.3) is 0 Å². The molecule has 21 heavy (non-hydrogen) atoms. The third-order valence-corrected chi connectivity index (χ3v) is 5.37. The maximum atomic E-state index is 14.0. The Hall–Kier alpha value is 0.0600. The first-order chi connectivity index (χ1) is 9.91. The highest BCUT2D eigenvalue weighted by Crippen LogP contribution is 2.37. The zero-order valence-corrected chi connectivity index (χ0v) is 15.6. The van der Waals surface area contributed by atoms with Crippen LogP contribution >= 0.6 is 22.6 Å². The van der Waals surface area contributed by atoms with E-state index in [-0.39, 0.29) is 10.3 Å². The van der Waals surface area contributed by atoms with Gasteiger partial charge in [0.2, 0.25) is 0 Å². The fourth-order valence-corrected chi connectivity index (χ4v) is 3.92. The summed E-state index contributed by atoms with van der Waals surface area (Å²) in [7, 11) is 1.02. The molecule has 2 nitrogen and oxygen atoms in total. The number of hydrogen-bond acceptors (Lipinski definition) is 2. The highest BCUT2D eigenvalue weighted by atomic mass is 127. The molecule has 0 aromatic carbocycles. The van der Waals surface area contributed by atoms with E-state index in [0.29, 0.717) is 0 Å². The molecule has 0 aliphatic carbocycles. The van der Waals surface area contributed by atoms with Gasteiger partial charge in [0, 0.05) is 9.84 Å². The summed E-state index contributed by atoms with van der Waals surface area (Å²) < 4.78 is 32.0. The van der Waals surface area contributed by atoms with E-state index in [1.165, 1.54) is 32.1 Å². The number of alkyl halides is 3. The molecule has 2 unspecified atom stereocenters. The molecule has 0 bridgehead atoms. The predicted octanol–water partition coefficient (Wildman–Crippen LogP) is 5.77. The van der Waals surface area contributed by atoms with Crippen molar-refractivity contribution in [1.82, 2.24) is 0 Å². The molecule has 0 rings (SSSR count).